The van der Waals surface area contributed by atoms with Gasteiger partial charge in [0.05, 0.1) is 38.3 Å². The van der Waals surface area contributed by atoms with Crippen LogP contribution in [0.15, 0.2) is 6.20 Å². The van der Waals surface area contributed by atoms with Crippen LogP contribution in [-0.2, 0) is 16.0 Å². The molecule has 0 saturated carbocycles. The normalized spacial score (nSPS) is 17.8. The highest BCUT2D eigenvalue weighted by molar-refractivity contribution is 5.28. The summed E-state index contributed by atoms with van der Waals surface area (Å²) in [5, 5.41) is 7.81. The van der Waals surface area contributed by atoms with Gasteiger partial charge in [-0.3, -0.25) is 4.68 Å². The van der Waals surface area contributed by atoms with E-state index >= 15 is 0 Å². The fourth-order valence-electron chi connectivity index (χ4n) is 2.41. The zero-order valence-corrected chi connectivity index (χ0v) is 11.9. The summed E-state index contributed by atoms with van der Waals surface area (Å²) in [5.41, 5.74) is 1.06. The number of hydrogen-bond acceptors (Lipinski definition) is 5. The maximum absolute atomic E-state index is 5.54. The van der Waals surface area contributed by atoms with Crippen molar-refractivity contribution in [2.45, 2.75) is 39.1 Å². The Kier molecular flexibility index (Phi) is 5.18. The van der Waals surface area contributed by atoms with Crippen LogP contribution in [0.25, 0.3) is 0 Å². The first kappa shape index (κ1) is 14.3. The van der Waals surface area contributed by atoms with Crippen molar-refractivity contribution in [1.82, 2.24) is 15.1 Å². The molecule has 1 aliphatic heterocycles. The first-order valence-electron chi connectivity index (χ1n) is 6.86. The highest BCUT2D eigenvalue weighted by Crippen LogP contribution is 2.29. The molecule has 6 nitrogen and oxygen atoms in total. The monoisotopic (exact) mass is 269 g/mol. The van der Waals surface area contributed by atoms with Crippen molar-refractivity contribution in [2.24, 2.45) is 0 Å². The van der Waals surface area contributed by atoms with E-state index in [4.69, 9.17) is 14.2 Å². The summed E-state index contributed by atoms with van der Waals surface area (Å²) in [4.78, 5) is 0. The largest absolute Gasteiger partial charge is 0.493 e. The Morgan fingerprint density at radius 2 is 2.21 bits per heavy atom. The van der Waals surface area contributed by atoms with Gasteiger partial charge in [-0.2, -0.15) is 5.10 Å². The van der Waals surface area contributed by atoms with E-state index < -0.39 is 0 Å². The molecular weight excluding hydrogens is 246 g/mol. The Balaban J connectivity index is 2.18. The third kappa shape index (κ3) is 3.26. The molecular formula is C13H23N3O3. The van der Waals surface area contributed by atoms with Crippen molar-refractivity contribution < 1.29 is 14.2 Å². The fourth-order valence-corrected chi connectivity index (χ4v) is 2.41. The van der Waals surface area contributed by atoms with Crippen LogP contribution in [0.4, 0.5) is 0 Å². The van der Waals surface area contributed by atoms with Gasteiger partial charge in [0.25, 0.3) is 0 Å². The van der Waals surface area contributed by atoms with Gasteiger partial charge in [0.1, 0.15) is 0 Å². The third-order valence-electron chi connectivity index (χ3n) is 3.26. The summed E-state index contributed by atoms with van der Waals surface area (Å²) < 4.78 is 18.5. The summed E-state index contributed by atoms with van der Waals surface area (Å²) in [5.74, 6) is 0.811. The van der Waals surface area contributed by atoms with Crippen LogP contribution in [0.2, 0.25) is 0 Å². The third-order valence-corrected chi connectivity index (χ3v) is 3.26. The lowest BCUT2D eigenvalue weighted by atomic mass is 10.1. The molecule has 1 saturated heterocycles. The van der Waals surface area contributed by atoms with E-state index in [1.807, 2.05) is 4.68 Å². The Morgan fingerprint density at radius 3 is 2.79 bits per heavy atom. The van der Waals surface area contributed by atoms with Crippen molar-refractivity contribution in [3.05, 3.63) is 11.9 Å². The second-order valence-electron chi connectivity index (χ2n) is 4.43. The smallest absolute Gasteiger partial charge is 0.161 e. The number of nitrogens with one attached hydrogen (secondary N) is 1. The van der Waals surface area contributed by atoms with Crippen molar-refractivity contribution in [2.75, 3.05) is 26.9 Å². The number of methoxy groups -OCH3 is 1. The lowest BCUT2D eigenvalue weighted by molar-refractivity contribution is -0.0535. The average Bonchev–Trinajstić information content (AvgIpc) is 3.06. The van der Waals surface area contributed by atoms with Crippen molar-refractivity contribution in [3.63, 3.8) is 0 Å². The first-order valence-corrected chi connectivity index (χ1v) is 6.86. The molecule has 1 atom stereocenters. The van der Waals surface area contributed by atoms with Gasteiger partial charge in [-0.1, -0.05) is 6.92 Å². The van der Waals surface area contributed by atoms with Gasteiger partial charge >= 0.3 is 0 Å². The average molecular weight is 269 g/mol. The van der Waals surface area contributed by atoms with E-state index in [1.165, 1.54) is 0 Å². The Labute approximate surface area is 114 Å². The van der Waals surface area contributed by atoms with E-state index in [1.54, 1.807) is 13.3 Å². The van der Waals surface area contributed by atoms with Gasteiger partial charge in [0.15, 0.2) is 12.0 Å². The van der Waals surface area contributed by atoms with Gasteiger partial charge in [0.2, 0.25) is 0 Å². The molecule has 1 fully saturated rings. The number of aromatic nitrogens is 2. The number of hydrogen-bond donors (Lipinski definition) is 1. The summed E-state index contributed by atoms with van der Waals surface area (Å²) >= 11 is 0. The van der Waals surface area contributed by atoms with Crippen LogP contribution in [0.1, 0.15) is 32.0 Å². The van der Waals surface area contributed by atoms with Crippen molar-refractivity contribution in [3.8, 4) is 5.75 Å². The van der Waals surface area contributed by atoms with Gasteiger partial charge in [-0.25, -0.2) is 0 Å². The van der Waals surface area contributed by atoms with E-state index in [2.05, 4.69) is 24.3 Å². The van der Waals surface area contributed by atoms with Gasteiger partial charge in [-0.05, 0) is 13.5 Å². The molecule has 0 bridgehead atoms. The lowest BCUT2D eigenvalue weighted by Crippen LogP contribution is -2.28. The van der Waals surface area contributed by atoms with Crippen LogP contribution in [0.5, 0.6) is 5.75 Å². The Bertz CT molecular complexity index is 367. The predicted octanol–water partition coefficient (Wildman–Crippen LogP) is 1.33. The molecule has 0 aromatic carbocycles. The Morgan fingerprint density at radius 1 is 1.47 bits per heavy atom. The molecule has 108 valence electrons. The molecule has 1 N–H and O–H groups in total. The van der Waals surface area contributed by atoms with Crippen molar-refractivity contribution >= 4 is 0 Å². The second-order valence-corrected chi connectivity index (χ2v) is 4.43. The molecule has 2 heterocycles. The quantitative estimate of drug-likeness (QED) is 0.809. The molecule has 6 heteroatoms. The summed E-state index contributed by atoms with van der Waals surface area (Å²) in [6, 6.07) is 0.116. The molecule has 0 radical (unpaired) electrons. The van der Waals surface area contributed by atoms with Crippen LogP contribution in [0.3, 0.4) is 0 Å². The van der Waals surface area contributed by atoms with Gasteiger partial charge in [0, 0.05) is 13.0 Å². The molecule has 2 rings (SSSR count). The summed E-state index contributed by atoms with van der Waals surface area (Å²) in [6.45, 7) is 7.19. The number of nitrogens with zero attached hydrogens (tertiary/aromatic N) is 2. The highest BCUT2D eigenvalue weighted by atomic mass is 16.7. The fraction of sp³-hybridized carbons (Fsp3) is 0.769. The SMILES string of the molecule is CCNC(CC1OCCO1)c1c(OC)cnn1CC. The zero-order valence-electron chi connectivity index (χ0n) is 11.9. The summed E-state index contributed by atoms with van der Waals surface area (Å²) in [6.07, 6.45) is 2.38. The maximum Gasteiger partial charge on any atom is 0.161 e. The second kappa shape index (κ2) is 6.88. The van der Waals surface area contributed by atoms with E-state index in [0.717, 1.165) is 31.0 Å². The number of ether oxygens (including phenoxy) is 3. The summed E-state index contributed by atoms with van der Waals surface area (Å²) in [7, 11) is 1.67. The van der Waals surface area contributed by atoms with Gasteiger partial charge < -0.3 is 19.5 Å². The van der Waals surface area contributed by atoms with Crippen LogP contribution in [0, 0.1) is 0 Å². The number of rotatable bonds is 7. The molecule has 0 spiro atoms. The molecule has 1 aliphatic rings. The molecule has 0 aliphatic carbocycles. The molecule has 19 heavy (non-hydrogen) atoms. The van der Waals surface area contributed by atoms with E-state index in [9.17, 15) is 0 Å². The lowest BCUT2D eigenvalue weighted by Gasteiger charge is -2.22. The predicted molar refractivity (Wildman–Crippen MR) is 71.2 cm³/mol. The topological polar surface area (TPSA) is 57.5 Å². The Hall–Kier alpha value is -1.11. The zero-order chi connectivity index (χ0) is 13.7. The standard InChI is InChI=1S/C13H23N3O3/c1-4-14-10(8-12-18-6-7-19-12)13-11(17-3)9-15-16(13)5-2/h9-10,12,14H,4-8H2,1-3H3. The molecule has 1 unspecified atom stereocenters. The minimum Gasteiger partial charge on any atom is -0.493 e. The van der Waals surface area contributed by atoms with E-state index in [-0.39, 0.29) is 12.3 Å². The van der Waals surface area contributed by atoms with Crippen LogP contribution >= 0.6 is 0 Å². The minimum atomic E-state index is -0.144. The molecule has 1 aromatic rings. The highest BCUT2D eigenvalue weighted by Gasteiger charge is 2.27. The van der Waals surface area contributed by atoms with E-state index in [0.29, 0.717) is 13.2 Å². The van der Waals surface area contributed by atoms with Gasteiger partial charge in [-0.15, -0.1) is 0 Å². The maximum atomic E-state index is 5.54. The van der Waals surface area contributed by atoms with Crippen LogP contribution in [-0.4, -0.2) is 42.9 Å². The van der Waals surface area contributed by atoms with Crippen molar-refractivity contribution in [1.29, 1.82) is 0 Å². The first-order chi connectivity index (χ1) is 9.30. The number of aryl methyl sites for hydroxylation is 1. The molecule has 0 amide bonds. The molecule has 1 aromatic heterocycles. The minimum absolute atomic E-state index is 0.116. The van der Waals surface area contributed by atoms with Crippen LogP contribution < -0.4 is 10.1 Å².